The molecule has 0 amide bonds. The summed E-state index contributed by atoms with van der Waals surface area (Å²) in [6.07, 6.45) is -0.750. The predicted molar refractivity (Wildman–Crippen MR) is 54.3 cm³/mol. The molecule has 0 fully saturated rings. The van der Waals surface area contributed by atoms with Gasteiger partial charge in [0.1, 0.15) is 5.75 Å². The summed E-state index contributed by atoms with van der Waals surface area (Å²) in [4.78, 5) is 0. The predicted octanol–water partition coefficient (Wildman–Crippen LogP) is 1.50. The Hall–Kier alpha value is -1.06. The molecule has 0 radical (unpaired) electrons. The Kier molecular flexibility index (Phi) is 3.92. The van der Waals surface area contributed by atoms with Crippen LogP contribution < -0.4 is 4.74 Å². The highest BCUT2D eigenvalue weighted by Crippen LogP contribution is 2.20. The lowest BCUT2D eigenvalue weighted by Crippen LogP contribution is -2.07. The lowest BCUT2D eigenvalue weighted by molar-refractivity contribution is 0.0907. The molecule has 0 saturated carbocycles. The summed E-state index contributed by atoms with van der Waals surface area (Å²) in [6, 6.07) is 7.18. The number of hydrogen-bond acceptors (Lipinski definition) is 3. The van der Waals surface area contributed by atoms with Gasteiger partial charge in [0.05, 0.1) is 19.3 Å². The number of hydrogen-bond donors (Lipinski definition) is 2. The molecule has 0 aliphatic rings. The first-order chi connectivity index (χ1) is 6.63. The van der Waals surface area contributed by atoms with Crippen molar-refractivity contribution in [2.45, 2.75) is 25.6 Å². The molecule has 0 aromatic heterocycles. The molecule has 0 aliphatic carbocycles. The fraction of sp³-hybridized carbons (Fsp3) is 0.455. The fourth-order valence-electron chi connectivity index (χ4n) is 1.29. The van der Waals surface area contributed by atoms with Gasteiger partial charge in [-0.25, -0.2) is 0 Å². The van der Waals surface area contributed by atoms with Gasteiger partial charge in [-0.2, -0.15) is 0 Å². The molecule has 0 spiro atoms. The summed E-state index contributed by atoms with van der Waals surface area (Å²) >= 11 is 0. The lowest BCUT2D eigenvalue weighted by Gasteiger charge is -2.12. The van der Waals surface area contributed by atoms with E-state index in [-0.39, 0.29) is 0 Å². The molecule has 3 heteroatoms. The molecule has 14 heavy (non-hydrogen) atoms. The Balaban J connectivity index is 2.66. The van der Waals surface area contributed by atoms with Crippen LogP contribution in [-0.2, 0) is 0 Å². The van der Waals surface area contributed by atoms with E-state index in [9.17, 15) is 5.11 Å². The third-order valence-corrected chi connectivity index (χ3v) is 2.06. The van der Waals surface area contributed by atoms with Gasteiger partial charge in [0, 0.05) is 6.42 Å². The van der Waals surface area contributed by atoms with Crippen molar-refractivity contribution in [2.75, 3.05) is 7.11 Å². The van der Waals surface area contributed by atoms with Gasteiger partial charge in [0.25, 0.3) is 0 Å². The second-order valence-corrected chi connectivity index (χ2v) is 3.37. The summed E-state index contributed by atoms with van der Waals surface area (Å²) < 4.78 is 5.00. The van der Waals surface area contributed by atoms with E-state index in [4.69, 9.17) is 9.84 Å². The van der Waals surface area contributed by atoms with Crippen LogP contribution in [0.1, 0.15) is 25.0 Å². The normalized spacial score (nSPS) is 14.9. The SMILES string of the molecule is COc1ccc(C(O)CC(C)O)cc1. The van der Waals surface area contributed by atoms with Gasteiger partial charge < -0.3 is 14.9 Å². The fourth-order valence-corrected chi connectivity index (χ4v) is 1.29. The quantitative estimate of drug-likeness (QED) is 0.767. The lowest BCUT2D eigenvalue weighted by atomic mass is 10.0. The Morgan fingerprint density at radius 2 is 1.79 bits per heavy atom. The molecule has 1 rings (SSSR count). The zero-order valence-corrected chi connectivity index (χ0v) is 8.47. The van der Waals surface area contributed by atoms with Crippen molar-refractivity contribution in [1.29, 1.82) is 0 Å². The van der Waals surface area contributed by atoms with Crippen LogP contribution in [0.4, 0.5) is 0 Å². The molecule has 2 unspecified atom stereocenters. The number of benzene rings is 1. The molecule has 3 nitrogen and oxygen atoms in total. The van der Waals surface area contributed by atoms with Crippen LogP contribution >= 0.6 is 0 Å². The molecule has 0 saturated heterocycles. The smallest absolute Gasteiger partial charge is 0.118 e. The number of rotatable bonds is 4. The average molecular weight is 196 g/mol. The van der Waals surface area contributed by atoms with Crippen molar-refractivity contribution in [3.8, 4) is 5.75 Å². The standard InChI is InChI=1S/C11H16O3/c1-8(12)7-11(13)9-3-5-10(14-2)6-4-9/h3-6,8,11-13H,7H2,1-2H3. The molecule has 1 aromatic carbocycles. The van der Waals surface area contributed by atoms with Gasteiger partial charge in [-0.15, -0.1) is 0 Å². The minimum Gasteiger partial charge on any atom is -0.497 e. The van der Waals surface area contributed by atoms with Crippen LogP contribution in [0.3, 0.4) is 0 Å². The number of aliphatic hydroxyl groups excluding tert-OH is 2. The maximum Gasteiger partial charge on any atom is 0.118 e. The van der Waals surface area contributed by atoms with Crippen LogP contribution in [0, 0.1) is 0 Å². The first kappa shape index (κ1) is 11.0. The highest BCUT2D eigenvalue weighted by Gasteiger charge is 2.10. The van der Waals surface area contributed by atoms with Gasteiger partial charge in [-0.3, -0.25) is 0 Å². The van der Waals surface area contributed by atoms with Crippen molar-refractivity contribution in [1.82, 2.24) is 0 Å². The Morgan fingerprint density at radius 3 is 2.21 bits per heavy atom. The van der Waals surface area contributed by atoms with Crippen LogP contribution in [0.15, 0.2) is 24.3 Å². The first-order valence-electron chi connectivity index (χ1n) is 4.63. The summed E-state index contributed by atoms with van der Waals surface area (Å²) in [5.74, 6) is 0.762. The molecule has 2 atom stereocenters. The highest BCUT2D eigenvalue weighted by molar-refractivity contribution is 5.28. The Morgan fingerprint density at radius 1 is 1.21 bits per heavy atom. The zero-order valence-electron chi connectivity index (χ0n) is 8.47. The maximum absolute atomic E-state index is 9.65. The second kappa shape index (κ2) is 4.98. The monoisotopic (exact) mass is 196 g/mol. The van der Waals surface area contributed by atoms with E-state index < -0.39 is 12.2 Å². The highest BCUT2D eigenvalue weighted by atomic mass is 16.5. The van der Waals surface area contributed by atoms with Crippen molar-refractivity contribution >= 4 is 0 Å². The summed E-state index contributed by atoms with van der Waals surface area (Å²) in [7, 11) is 1.60. The molecule has 1 aromatic rings. The Bertz CT molecular complexity index is 266. The van der Waals surface area contributed by atoms with Crippen molar-refractivity contribution in [2.24, 2.45) is 0 Å². The molecule has 0 bridgehead atoms. The average Bonchev–Trinajstić information content (AvgIpc) is 2.17. The van der Waals surface area contributed by atoms with Crippen molar-refractivity contribution < 1.29 is 14.9 Å². The van der Waals surface area contributed by atoms with Gasteiger partial charge >= 0.3 is 0 Å². The number of ether oxygens (including phenoxy) is 1. The second-order valence-electron chi connectivity index (χ2n) is 3.37. The zero-order chi connectivity index (χ0) is 10.6. The minimum absolute atomic E-state index is 0.354. The summed E-state index contributed by atoms with van der Waals surface area (Å²) in [6.45, 7) is 1.66. The van der Waals surface area contributed by atoms with E-state index in [1.165, 1.54) is 0 Å². The van der Waals surface area contributed by atoms with Crippen LogP contribution in [0.2, 0.25) is 0 Å². The third kappa shape index (κ3) is 3.01. The topological polar surface area (TPSA) is 49.7 Å². The Labute approximate surface area is 84.0 Å². The van der Waals surface area contributed by atoms with E-state index in [1.54, 1.807) is 38.3 Å². The van der Waals surface area contributed by atoms with Crippen molar-refractivity contribution in [3.63, 3.8) is 0 Å². The first-order valence-corrected chi connectivity index (χ1v) is 4.63. The van der Waals surface area contributed by atoms with E-state index in [1.807, 2.05) is 0 Å². The van der Waals surface area contributed by atoms with Crippen LogP contribution in [0.25, 0.3) is 0 Å². The molecular formula is C11H16O3. The third-order valence-electron chi connectivity index (χ3n) is 2.06. The molecular weight excluding hydrogens is 180 g/mol. The summed E-state index contributed by atoms with van der Waals surface area (Å²) in [5.41, 5.74) is 0.798. The van der Waals surface area contributed by atoms with Gasteiger partial charge in [-0.1, -0.05) is 12.1 Å². The van der Waals surface area contributed by atoms with Gasteiger partial charge in [0.2, 0.25) is 0 Å². The van der Waals surface area contributed by atoms with E-state index in [2.05, 4.69) is 0 Å². The molecule has 2 N–H and O–H groups in total. The van der Waals surface area contributed by atoms with Gasteiger partial charge in [0.15, 0.2) is 0 Å². The minimum atomic E-state index is -0.610. The molecule has 0 aliphatic heterocycles. The molecule has 78 valence electrons. The van der Waals surface area contributed by atoms with Crippen molar-refractivity contribution in [3.05, 3.63) is 29.8 Å². The largest absolute Gasteiger partial charge is 0.497 e. The van der Waals surface area contributed by atoms with Gasteiger partial charge in [-0.05, 0) is 24.6 Å². The van der Waals surface area contributed by atoms with Crippen LogP contribution in [-0.4, -0.2) is 23.4 Å². The maximum atomic E-state index is 9.65. The summed E-state index contributed by atoms with van der Waals surface area (Å²) in [5, 5.41) is 18.8. The number of aliphatic hydroxyl groups is 2. The molecule has 0 heterocycles. The van der Waals surface area contributed by atoms with E-state index in [0.29, 0.717) is 6.42 Å². The van der Waals surface area contributed by atoms with E-state index >= 15 is 0 Å². The van der Waals surface area contributed by atoms with Crippen LogP contribution in [0.5, 0.6) is 5.75 Å². The number of methoxy groups -OCH3 is 1. The van der Waals surface area contributed by atoms with E-state index in [0.717, 1.165) is 11.3 Å².